The molecule has 1 aliphatic heterocycles. The first-order valence-electron chi connectivity index (χ1n) is 4.31. The van der Waals surface area contributed by atoms with E-state index in [0.29, 0.717) is 4.90 Å². The Morgan fingerprint density at radius 1 is 1.27 bits per heavy atom. The molecular formula is C10H8INO2S. The van der Waals surface area contributed by atoms with Gasteiger partial charge in [-0.05, 0) is 46.9 Å². The van der Waals surface area contributed by atoms with E-state index in [0.717, 1.165) is 3.57 Å². The quantitative estimate of drug-likeness (QED) is 0.778. The summed E-state index contributed by atoms with van der Waals surface area (Å²) in [5.74, 6) is 0. The maximum Gasteiger partial charge on any atom is 0.205 e. The van der Waals surface area contributed by atoms with Crippen LogP contribution >= 0.6 is 22.6 Å². The van der Waals surface area contributed by atoms with Gasteiger partial charge in [-0.25, -0.2) is 8.42 Å². The van der Waals surface area contributed by atoms with Gasteiger partial charge in [0.15, 0.2) is 5.37 Å². The van der Waals surface area contributed by atoms with Gasteiger partial charge in [0.25, 0.3) is 0 Å². The van der Waals surface area contributed by atoms with Crippen LogP contribution in [-0.4, -0.2) is 20.0 Å². The molecule has 2 rings (SSSR count). The highest BCUT2D eigenvalue weighted by molar-refractivity contribution is 14.1. The van der Waals surface area contributed by atoms with Gasteiger partial charge in [0, 0.05) is 9.78 Å². The molecule has 1 aliphatic rings. The van der Waals surface area contributed by atoms with Gasteiger partial charge in [-0.15, -0.1) is 0 Å². The summed E-state index contributed by atoms with van der Waals surface area (Å²) in [5, 5.41) is -0.756. The first-order valence-corrected chi connectivity index (χ1v) is 6.93. The maximum atomic E-state index is 12.1. The largest absolute Gasteiger partial charge is 0.269 e. The third-order valence-corrected chi connectivity index (χ3v) is 5.25. The summed E-state index contributed by atoms with van der Waals surface area (Å²) in [6.45, 7) is 0. The lowest BCUT2D eigenvalue weighted by Gasteiger charge is -2.08. The second-order valence-corrected chi connectivity index (χ2v) is 6.22. The van der Waals surface area contributed by atoms with Crippen molar-refractivity contribution in [3.05, 3.63) is 40.0 Å². The molecule has 1 heterocycles. The molecule has 0 fully saturated rings. The molecule has 0 saturated carbocycles. The van der Waals surface area contributed by atoms with Crippen molar-refractivity contribution in [3.8, 4) is 0 Å². The highest BCUT2D eigenvalue weighted by Crippen LogP contribution is 2.24. The summed E-state index contributed by atoms with van der Waals surface area (Å²) in [6.07, 6.45) is 4.74. The van der Waals surface area contributed by atoms with Gasteiger partial charge in [-0.3, -0.25) is 4.99 Å². The van der Waals surface area contributed by atoms with E-state index < -0.39 is 15.2 Å². The highest BCUT2D eigenvalue weighted by atomic mass is 127. The molecule has 0 amide bonds. The monoisotopic (exact) mass is 333 g/mol. The van der Waals surface area contributed by atoms with Crippen molar-refractivity contribution in [1.82, 2.24) is 0 Å². The Morgan fingerprint density at radius 2 is 2.00 bits per heavy atom. The number of aliphatic imine (C=N–C) groups is 1. The topological polar surface area (TPSA) is 46.5 Å². The predicted molar refractivity (Wildman–Crippen MR) is 67.8 cm³/mol. The van der Waals surface area contributed by atoms with Crippen molar-refractivity contribution in [2.24, 2.45) is 4.99 Å². The number of nitrogens with zero attached hydrogens (tertiary/aromatic N) is 1. The molecular weight excluding hydrogens is 325 g/mol. The molecule has 1 aromatic rings. The fourth-order valence-corrected chi connectivity index (χ4v) is 4.02. The Morgan fingerprint density at radius 3 is 2.60 bits per heavy atom. The number of hydrogen-bond donors (Lipinski definition) is 0. The van der Waals surface area contributed by atoms with Crippen LogP contribution in [0.15, 0.2) is 46.3 Å². The molecule has 15 heavy (non-hydrogen) atoms. The Labute approximate surface area is 102 Å². The zero-order valence-corrected chi connectivity index (χ0v) is 10.6. The summed E-state index contributed by atoms with van der Waals surface area (Å²) in [6, 6.07) is 6.92. The van der Waals surface area contributed by atoms with E-state index in [4.69, 9.17) is 0 Å². The SMILES string of the molecule is O=S(=O)(c1ccccc1I)C1C=CC=N1. The van der Waals surface area contributed by atoms with Crippen molar-refractivity contribution >= 4 is 38.6 Å². The molecule has 0 spiro atoms. The Kier molecular flexibility index (Phi) is 2.92. The molecule has 0 aromatic heterocycles. The van der Waals surface area contributed by atoms with Crippen molar-refractivity contribution in [2.75, 3.05) is 0 Å². The number of allylic oxidation sites excluding steroid dienone is 1. The van der Waals surface area contributed by atoms with E-state index >= 15 is 0 Å². The van der Waals surface area contributed by atoms with Crippen LogP contribution in [0.5, 0.6) is 0 Å². The molecule has 0 aliphatic carbocycles. The predicted octanol–water partition coefficient (Wildman–Crippen LogP) is 2.03. The summed E-state index contributed by atoms with van der Waals surface area (Å²) in [7, 11) is -3.36. The minimum absolute atomic E-state index is 0.347. The molecule has 78 valence electrons. The minimum Gasteiger partial charge on any atom is -0.269 e. The molecule has 0 saturated heterocycles. The average molecular weight is 333 g/mol. The van der Waals surface area contributed by atoms with Crippen molar-refractivity contribution in [3.63, 3.8) is 0 Å². The van der Waals surface area contributed by atoms with Gasteiger partial charge in [0.05, 0.1) is 4.90 Å². The number of hydrogen-bond acceptors (Lipinski definition) is 3. The van der Waals surface area contributed by atoms with Crippen LogP contribution in [0.2, 0.25) is 0 Å². The summed E-state index contributed by atoms with van der Waals surface area (Å²) in [4.78, 5) is 4.24. The van der Waals surface area contributed by atoms with E-state index in [1.54, 1.807) is 30.4 Å². The molecule has 3 nitrogen and oxygen atoms in total. The smallest absolute Gasteiger partial charge is 0.205 e. The Bertz CT molecular complexity index is 522. The molecule has 5 heteroatoms. The van der Waals surface area contributed by atoms with Gasteiger partial charge >= 0.3 is 0 Å². The van der Waals surface area contributed by atoms with Gasteiger partial charge in [-0.1, -0.05) is 12.1 Å². The van der Waals surface area contributed by atoms with Gasteiger partial charge in [0.1, 0.15) is 0 Å². The third kappa shape index (κ3) is 1.98. The van der Waals surface area contributed by atoms with E-state index in [1.165, 1.54) is 6.21 Å². The lowest BCUT2D eigenvalue weighted by atomic mass is 10.4. The van der Waals surface area contributed by atoms with Gasteiger partial charge in [-0.2, -0.15) is 0 Å². The number of benzene rings is 1. The zero-order chi connectivity index (χ0) is 10.9. The van der Waals surface area contributed by atoms with E-state index in [9.17, 15) is 8.42 Å². The molecule has 0 radical (unpaired) electrons. The molecule has 1 aromatic carbocycles. The molecule has 0 bridgehead atoms. The van der Waals surface area contributed by atoms with Crippen LogP contribution in [0.1, 0.15) is 0 Å². The summed E-state index contributed by atoms with van der Waals surface area (Å²) < 4.78 is 24.9. The lowest BCUT2D eigenvalue weighted by molar-refractivity contribution is 0.590. The second-order valence-electron chi connectivity index (χ2n) is 3.05. The Balaban J connectivity index is 2.51. The van der Waals surface area contributed by atoms with Crippen LogP contribution in [-0.2, 0) is 9.84 Å². The summed E-state index contributed by atoms with van der Waals surface area (Å²) in [5.41, 5.74) is 0. The van der Waals surface area contributed by atoms with Crippen molar-refractivity contribution in [2.45, 2.75) is 10.3 Å². The Hall–Kier alpha value is -0.690. The maximum absolute atomic E-state index is 12.1. The normalized spacial score (nSPS) is 19.7. The lowest BCUT2D eigenvalue weighted by Crippen LogP contribution is -2.16. The standard InChI is InChI=1S/C10H8INO2S/c11-8-4-1-2-5-9(8)15(13,14)10-6-3-7-12-10/h1-7,10H. The molecule has 1 atom stereocenters. The van der Waals surface area contributed by atoms with E-state index in [1.807, 2.05) is 28.7 Å². The van der Waals surface area contributed by atoms with E-state index in [-0.39, 0.29) is 0 Å². The van der Waals surface area contributed by atoms with Crippen LogP contribution in [0, 0.1) is 3.57 Å². The van der Waals surface area contributed by atoms with Gasteiger partial charge < -0.3 is 0 Å². The summed E-state index contributed by atoms with van der Waals surface area (Å²) >= 11 is 2.02. The third-order valence-electron chi connectivity index (χ3n) is 2.06. The number of halogens is 1. The number of rotatable bonds is 2. The first-order chi connectivity index (χ1) is 7.12. The van der Waals surface area contributed by atoms with Crippen LogP contribution in [0.4, 0.5) is 0 Å². The fraction of sp³-hybridized carbons (Fsp3) is 0.100. The molecule has 0 N–H and O–H groups in total. The second kappa shape index (κ2) is 4.05. The van der Waals surface area contributed by atoms with E-state index in [2.05, 4.69) is 4.99 Å². The highest BCUT2D eigenvalue weighted by Gasteiger charge is 2.27. The van der Waals surface area contributed by atoms with Gasteiger partial charge in [0.2, 0.25) is 9.84 Å². The number of sulfone groups is 1. The van der Waals surface area contributed by atoms with Crippen molar-refractivity contribution < 1.29 is 8.42 Å². The zero-order valence-electron chi connectivity index (χ0n) is 7.67. The first kappa shape index (κ1) is 10.8. The molecule has 1 unspecified atom stereocenters. The fourth-order valence-electron chi connectivity index (χ4n) is 1.32. The van der Waals surface area contributed by atoms with Crippen LogP contribution in [0.3, 0.4) is 0 Å². The average Bonchev–Trinajstić information content (AvgIpc) is 2.71. The van der Waals surface area contributed by atoms with Crippen LogP contribution < -0.4 is 0 Å². The minimum atomic E-state index is -3.36. The van der Waals surface area contributed by atoms with Crippen molar-refractivity contribution in [1.29, 1.82) is 0 Å². The van der Waals surface area contributed by atoms with Crippen LogP contribution in [0.25, 0.3) is 0 Å².